The number of benzene rings is 2. The number of halogens is 1. The maximum absolute atomic E-state index is 9.98. The number of aromatic hydroxyl groups is 1. The lowest BCUT2D eigenvalue weighted by molar-refractivity contribution is 0.261. The Morgan fingerprint density at radius 3 is 2.65 bits per heavy atom. The second-order valence-electron chi connectivity index (χ2n) is 6.70. The highest BCUT2D eigenvalue weighted by Crippen LogP contribution is 2.26. The van der Waals surface area contributed by atoms with Crippen molar-refractivity contribution in [1.82, 2.24) is 9.88 Å². The van der Waals surface area contributed by atoms with Crippen LogP contribution >= 0.6 is 11.6 Å². The zero-order valence-electron chi connectivity index (χ0n) is 14.6. The standard InChI is InChI=1S/C21H22ClN3O/c22-17-3-1-4-18(15-17)25-13-11-24(12-14-25)10-8-16-6-7-20(26)21-19(16)5-2-9-23-21/h1-7,9,15,26H,8,10-14H2. The van der Waals surface area contributed by atoms with E-state index in [0.29, 0.717) is 5.52 Å². The molecule has 0 spiro atoms. The van der Waals surface area contributed by atoms with E-state index in [4.69, 9.17) is 11.6 Å². The summed E-state index contributed by atoms with van der Waals surface area (Å²) >= 11 is 6.11. The normalized spacial score (nSPS) is 15.5. The molecule has 0 atom stereocenters. The molecule has 2 aromatic carbocycles. The van der Waals surface area contributed by atoms with Gasteiger partial charge >= 0.3 is 0 Å². The molecule has 0 unspecified atom stereocenters. The van der Waals surface area contributed by atoms with Crippen LogP contribution in [0, 0.1) is 0 Å². The fourth-order valence-corrected chi connectivity index (χ4v) is 3.80. The fourth-order valence-electron chi connectivity index (χ4n) is 3.62. The summed E-state index contributed by atoms with van der Waals surface area (Å²) in [7, 11) is 0. The highest BCUT2D eigenvalue weighted by atomic mass is 35.5. The second-order valence-corrected chi connectivity index (χ2v) is 7.14. The summed E-state index contributed by atoms with van der Waals surface area (Å²) in [5.74, 6) is 0.250. The molecule has 1 aliphatic heterocycles. The molecule has 1 N–H and O–H groups in total. The van der Waals surface area contributed by atoms with Gasteiger partial charge in [-0.15, -0.1) is 0 Å². The predicted molar refractivity (Wildman–Crippen MR) is 107 cm³/mol. The van der Waals surface area contributed by atoms with Gasteiger partial charge in [-0.2, -0.15) is 0 Å². The monoisotopic (exact) mass is 367 g/mol. The van der Waals surface area contributed by atoms with Gasteiger partial charge in [-0.1, -0.05) is 29.8 Å². The van der Waals surface area contributed by atoms with Crippen molar-refractivity contribution in [3.8, 4) is 5.75 Å². The molecule has 4 nitrogen and oxygen atoms in total. The molecule has 4 rings (SSSR count). The average Bonchev–Trinajstić information content (AvgIpc) is 2.68. The van der Waals surface area contributed by atoms with Crippen molar-refractivity contribution in [2.24, 2.45) is 0 Å². The molecule has 0 bridgehead atoms. The fraction of sp³-hybridized carbons (Fsp3) is 0.286. The number of fused-ring (bicyclic) bond motifs is 1. The van der Waals surface area contributed by atoms with E-state index in [0.717, 1.165) is 49.6 Å². The summed E-state index contributed by atoms with van der Waals surface area (Å²) in [5.41, 5.74) is 3.13. The summed E-state index contributed by atoms with van der Waals surface area (Å²) in [6.07, 6.45) is 2.68. The number of rotatable bonds is 4. The van der Waals surface area contributed by atoms with Crippen LogP contribution in [0.2, 0.25) is 5.02 Å². The van der Waals surface area contributed by atoms with E-state index in [9.17, 15) is 5.11 Å². The van der Waals surface area contributed by atoms with Crippen LogP contribution in [0.1, 0.15) is 5.56 Å². The van der Waals surface area contributed by atoms with Crippen LogP contribution in [-0.2, 0) is 6.42 Å². The Kier molecular flexibility index (Phi) is 4.96. The molecule has 5 heteroatoms. The van der Waals surface area contributed by atoms with Crippen molar-refractivity contribution in [3.63, 3.8) is 0 Å². The molecule has 134 valence electrons. The third kappa shape index (κ3) is 3.62. The van der Waals surface area contributed by atoms with Gasteiger partial charge in [0.2, 0.25) is 0 Å². The van der Waals surface area contributed by atoms with Crippen molar-refractivity contribution in [2.75, 3.05) is 37.6 Å². The minimum absolute atomic E-state index is 0.250. The van der Waals surface area contributed by atoms with Gasteiger partial charge in [0.15, 0.2) is 0 Å². The van der Waals surface area contributed by atoms with Crippen LogP contribution in [0.15, 0.2) is 54.7 Å². The summed E-state index contributed by atoms with van der Waals surface area (Å²) in [6, 6.07) is 15.8. The molecule has 26 heavy (non-hydrogen) atoms. The second kappa shape index (κ2) is 7.52. The van der Waals surface area contributed by atoms with E-state index in [1.165, 1.54) is 11.3 Å². The first-order valence-corrected chi connectivity index (χ1v) is 9.37. The molecule has 0 amide bonds. The quantitative estimate of drug-likeness (QED) is 0.757. The van der Waals surface area contributed by atoms with Crippen LogP contribution in [0.4, 0.5) is 5.69 Å². The number of pyridine rings is 1. The number of phenols is 1. The number of phenolic OH excluding ortho intramolecular Hbond substituents is 1. The Hall–Kier alpha value is -2.30. The van der Waals surface area contributed by atoms with Gasteiger partial charge in [-0.3, -0.25) is 9.88 Å². The van der Waals surface area contributed by atoms with Crippen molar-refractivity contribution in [1.29, 1.82) is 0 Å². The first kappa shape index (κ1) is 17.1. The molecule has 0 radical (unpaired) electrons. The molecule has 0 saturated carbocycles. The van der Waals surface area contributed by atoms with E-state index < -0.39 is 0 Å². The van der Waals surface area contributed by atoms with Crippen LogP contribution in [0.3, 0.4) is 0 Å². The summed E-state index contributed by atoms with van der Waals surface area (Å²) in [6.45, 7) is 5.12. The Bertz CT molecular complexity index is 907. The van der Waals surface area contributed by atoms with Gasteiger partial charge in [-0.05, 0) is 42.3 Å². The lowest BCUT2D eigenvalue weighted by Gasteiger charge is -2.36. The Balaban J connectivity index is 1.38. The third-order valence-corrected chi connectivity index (χ3v) is 5.32. The summed E-state index contributed by atoms with van der Waals surface area (Å²) in [4.78, 5) is 9.19. The Morgan fingerprint density at radius 2 is 1.85 bits per heavy atom. The topological polar surface area (TPSA) is 39.6 Å². The largest absolute Gasteiger partial charge is 0.506 e. The Labute approximate surface area is 158 Å². The molecule has 0 aliphatic carbocycles. The number of hydrogen-bond donors (Lipinski definition) is 1. The van der Waals surface area contributed by atoms with E-state index in [-0.39, 0.29) is 5.75 Å². The van der Waals surface area contributed by atoms with Crippen LogP contribution in [0.5, 0.6) is 5.75 Å². The lowest BCUT2D eigenvalue weighted by Crippen LogP contribution is -2.47. The van der Waals surface area contributed by atoms with Gasteiger partial charge in [0, 0.05) is 55.0 Å². The van der Waals surface area contributed by atoms with E-state index in [1.807, 2.05) is 36.4 Å². The summed E-state index contributed by atoms with van der Waals surface area (Å²) < 4.78 is 0. The molecule has 2 heterocycles. The van der Waals surface area contributed by atoms with Crippen LogP contribution in [-0.4, -0.2) is 47.7 Å². The smallest absolute Gasteiger partial charge is 0.141 e. The third-order valence-electron chi connectivity index (χ3n) is 5.08. The van der Waals surface area contributed by atoms with Crippen molar-refractivity contribution >= 4 is 28.2 Å². The predicted octanol–water partition coefficient (Wildman–Crippen LogP) is 3.96. The van der Waals surface area contributed by atoms with Crippen LogP contribution < -0.4 is 4.90 Å². The molecular weight excluding hydrogens is 346 g/mol. The molecule has 1 aromatic heterocycles. The van der Waals surface area contributed by atoms with Crippen LogP contribution in [0.25, 0.3) is 10.9 Å². The van der Waals surface area contributed by atoms with Gasteiger partial charge in [-0.25, -0.2) is 0 Å². The van der Waals surface area contributed by atoms with Crippen molar-refractivity contribution in [2.45, 2.75) is 6.42 Å². The van der Waals surface area contributed by atoms with E-state index in [2.05, 4.69) is 20.9 Å². The van der Waals surface area contributed by atoms with Gasteiger partial charge in [0.1, 0.15) is 11.3 Å². The number of nitrogens with zero attached hydrogens (tertiary/aromatic N) is 3. The average molecular weight is 368 g/mol. The number of anilines is 1. The Morgan fingerprint density at radius 1 is 1.00 bits per heavy atom. The summed E-state index contributed by atoms with van der Waals surface area (Å²) in [5, 5.41) is 11.8. The van der Waals surface area contributed by atoms with Gasteiger partial charge in [0.05, 0.1) is 0 Å². The van der Waals surface area contributed by atoms with Gasteiger partial charge in [0.25, 0.3) is 0 Å². The molecular formula is C21H22ClN3O. The number of aromatic nitrogens is 1. The minimum Gasteiger partial charge on any atom is -0.506 e. The van der Waals surface area contributed by atoms with E-state index in [1.54, 1.807) is 12.3 Å². The maximum atomic E-state index is 9.98. The number of hydrogen-bond acceptors (Lipinski definition) is 4. The lowest BCUT2D eigenvalue weighted by atomic mass is 10.0. The van der Waals surface area contributed by atoms with Crippen molar-refractivity contribution in [3.05, 3.63) is 65.3 Å². The SMILES string of the molecule is Oc1ccc(CCN2CCN(c3cccc(Cl)c3)CC2)c2cccnc12. The molecule has 1 fully saturated rings. The van der Waals surface area contributed by atoms with E-state index >= 15 is 0 Å². The number of piperazine rings is 1. The molecule has 1 saturated heterocycles. The highest BCUT2D eigenvalue weighted by Gasteiger charge is 2.17. The van der Waals surface area contributed by atoms with Gasteiger partial charge < -0.3 is 10.0 Å². The maximum Gasteiger partial charge on any atom is 0.141 e. The first-order chi connectivity index (χ1) is 12.7. The molecule has 3 aromatic rings. The zero-order valence-corrected chi connectivity index (χ0v) is 15.4. The minimum atomic E-state index is 0.250. The van der Waals surface area contributed by atoms with Crippen molar-refractivity contribution < 1.29 is 5.11 Å². The highest BCUT2D eigenvalue weighted by molar-refractivity contribution is 6.30. The first-order valence-electron chi connectivity index (χ1n) is 8.99. The zero-order chi connectivity index (χ0) is 17.9. The molecule has 1 aliphatic rings.